The molecule has 0 aromatic heterocycles. The van der Waals surface area contributed by atoms with E-state index in [4.69, 9.17) is 11.6 Å². The van der Waals surface area contributed by atoms with E-state index in [1.807, 2.05) is 30.3 Å². The molecule has 1 N–H and O–H groups in total. The van der Waals surface area contributed by atoms with Crippen molar-refractivity contribution in [3.05, 3.63) is 48.0 Å². The number of benzene rings is 2. The number of rotatable bonds is 0. The molecule has 2 aromatic carbocycles. The summed E-state index contributed by atoms with van der Waals surface area (Å²) in [6, 6.07) is 13.0. The topological polar surface area (TPSA) is 32.6 Å². The fourth-order valence-corrected chi connectivity index (χ4v) is 3.01. The third-order valence-corrected chi connectivity index (χ3v) is 3.92. The number of phenolic OH excluding ortho intramolecular Hbond substituents is 1. The molecule has 0 atom stereocenters. The smallest absolute Gasteiger partial charge is 0.138 e. The molecule has 0 amide bonds. The van der Waals surface area contributed by atoms with Gasteiger partial charge in [-0.3, -0.25) is 0 Å². The standard InChI is InChI=1S/C13H8ClNOS/c14-13-9-3-1-2-4-11(9)17-12-6-5-8(16)7-10(12)15-13/h1-7,16H. The Labute approximate surface area is 108 Å². The molecule has 0 bridgehead atoms. The maximum Gasteiger partial charge on any atom is 0.138 e. The fraction of sp³-hybridized carbons (Fsp3) is 0. The lowest BCUT2D eigenvalue weighted by atomic mass is 10.2. The molecule has 0 spiro atoms. The highest BCUT2D eigenvalue weighted by Gasteiger charge is 2.15. The van der Waals surface area contributed by atoms with Crippen molar-refractivity contribution in [2.45, 2.75) is 9.79 Å². The van der Waals surface area contributed by atoms with Gasteiger partial charge in [-0.05, 0) is 18.2 Å². The van der Waals surface area contributed by atoms with Gasteiger partial charge in [-0.2, -0.15) is 0 Å². The summed E-state index contributed by atoms with van der Waals surface area (Å²) in [6.07, 6.45) is 0. The monoisotopic (exact) mass is 261 g/mol. The zero-order chi connectivity index (χ0) is 11.8. The molecular weight excluding hydrogens is 254 g/mol. The van der Waals surface area contributed by atoms with Gasteiger partial charge in [0.15, 0.2) is 0 Å². The zero-order valence-corrected chi connectivity index (χ0v) is 10.3. The van der Waals surface area contributed by atoms with Gasteiger partial charge in [-0.15, -0.1) is 0 Å². The predicted octanol–water partition coefficient (Wildman–Crippen LogP) is 4.17. The molecule has 2 aromatic rings. The van der Waals surface area contributed by atoms with Crippen LogP contribution >= 0.6 is 23.4 Å². The number of fused-ring (bicyclic) bond motifs is 2. The maximum atomic E-state index is 9.46. The Hall–Kier alpha value is -1.45. The van der Waals surface area contributed by atoms with Crippen molar-refractivity contribution in [2.24, 2.45) is 4.99 Å². The highest BCUT2D eigenvalue weighted by Crippen LogP contribution is 2.41. The van der Waals surface area contributed by atoms with Crippen molar-refractivity contribution in [2.75, 3.05) is 0 Å². The number of aromatic hydroxyl groups is 1. The number of nitrogens with zero attached hydrogens (tertiary/aromatic N) is 1. The van der Waals surface area contributed by atoms with E-state index in [0.717, 1.165) is 15.4 Å². The number of phenols is 1. The van der Waals surface area contributed by atoms with E-state index in [0.29, 0.717) is 10.9 Å². The summed E-state index contributed by atoms with van der Waals surface area (Å²) < 4.78 is 0. The molecule has 0 fully saturated rings. The van der Waals surface area contributed by atoms with Crippen LogP contribution in [0, 0.1) is 0 Å². The Morgan fingerprint density at radius 2 is 1.88 bits per heavy atom. The SMILES string of the molecule is Oc1ccc2c(c1)N=C(Cl)c1ccccc1S2. The van der Waals surface area contributed by atoms with E-state index in [9.17, 15) is 5.11 Å². The molecule has 0 aliphatic carbocycles. The van der Waals surface area contributed by atoms with Crippen LogP contribution in [0.25, 0.3) is 0 Å². The average molecular weight is 262 g/mol. The third-order valence-electron chi connectivity index (χ3n) is 2.49. The summed E-state index contributed by atoms with van der Waals surface area (Å²) in [4.78, 5) is 6.41. The maximum absolute atomic E-state index is 9.46. The van der Waals surface area contributed by atoms with Crippen molar-refractivity contribution in [3.8, 4) is 5.75 Å². The van der Waals surface area contributed by atoms with Crippen molar-refractivity contribution in [3.63, 3.8) is 0 Å². The highest BCUT2D eigenvalue weighted by atomic mass is 35.5. The Kier molecular flexibility index (Phi) is 2.57. The molecule has 0 saturated carbocycles. The molecule has 0 saturated heterocycles. The van der Waals surface area contributed by atoms with Gasteiger partial charge in [0.05, 0.1) is 5.69 Å². The fourth-order valence-electron chi connectivity index (χ4n) is 1.69. The first-order valence-corrected chi connectivity index (χ1v) is 6.28. The van der Waals surface area contributed by atoms with Crippen LogP contribution in [0.15, 0.2) is 57.2 Å². The van der Waals surface area contributed by atoms with Crippen molar-refractivity contribution < 1.29 is 5.11 Å². The predicted molar refractivity (Wildman–Crippen MR) is 70.7 cm³/mol. The van der Waals surface area contributed by atoms with Crippen LogP contribution < -0.4 is 0 Å². The first kappa shape index (κ1) is 10.7. The lowest BCUT2D eigenvalue weighted by Crippen LogP contribution is -1.90. The van der Waals surface area contributed by atoms with Crippen LogP contribution in [0.2, 0.25) is 0 Å². The van der Waals surface area contributed by atoms with E-state index in [-0.39, 0.29) is 5.75 Å². The molecule has 1 heterocycles. The minimum atomic E-state index is 0.198. The minimum Gasteiger partial charge on any atom is -0.508 e. The third kappa shape index (κ3) is 1.92. The zero-order valence-electron chi connectivity index (χ0n) is 8.72. The van der Waals surface area contributed by atoms with E-state index in [1.54, 1.807) is 23.9 Å². The molecule has 84 valence electrons. The van der Waals surface area contributed by atoms with Crippen molar-refractivity contribution >= 4 is 34.2 Å². The molecule has 3 rings (SSSR count). The molecule has 2 nitrogen and oxygen atoms in total. The Balaban J connectivity index is 2.24. The van der Waals surface area contributed by atoms with Crippen molar-refractivity contribution in [1.29, 1.82) is 0 Å². The molecular formula is C13H8ClNOS. The van der Waals surface area contributed by atoms with Crippen LogP contribution in [0.4, 0.5) is 5.69 Å². The minimum absolute atomic E-state index is 0.198. The highest BCUT2D eigenvalue weighted by molar-refractivity contribution is 7.99. The van der Waals surface area contributed by atoms with Gasteiger partial charge < -0.3 is 5.11 Å². The first-order valence-electron chi connectivity index (χ1n) is 5.08. The number of aliphatic imine (C=N–C) groups is 1. The van der Waals surface area contributed by atoms with Crippen molar-refractivity contribution in [1.82, 2.24) is 0 Å². The second-order valence-corrected chi connectivity index (χ2v) is 5.09. The summed E-state index contributed by atoms with van der Waals surface area (Å²) in [6.45, 7) is 0. The molecule has 0 radical (unpaired) electrons. The molecule has 4 heteroatoms. The lowest BCUT2D eigenvalue weighted by Gasteiger charge is -2.04. The molecule has 17 heavy (non-hydrogen) atoms. The van der Waals surface area contributed by atoms with Gasteiger partial charge >= 0.3 is 0 Å². The summed E-state index contributed by atoms with van der Waals surface area (Å²) in [5.74, 6) is 0.198. The summed E-state index contributed by atoms with van der Waals surface area (Å²) in [7, 11) is 0. The number of hydrogen-bond donors (Lipinski definition) is 1. The first-order chi connectivity index (χ1) is 8.24. The van der Waals surface area contributed by atoms with E-state index in [2.05, 4.69) is 4.99 Å². The normalized spacial score (nSPS) is 13.4. The van der Waals surface area contributed by atoms with Gasteiger partial charge in [0.2, 0.25) is 0 Å². The van der Waals surface area contributed by atoms with E-state index < -0.39 is 0 Å². The number of hydrogen-bond acceptors (Lipinski definition) is 3. The largest absolute Gasteiger partial charge is 0.508 e. The van der Waals surface area contributed by atoms with Crippen LogP contribution in [0.5, 0.6) is 5.75 Å². The van der Waals surface area contributed by atoms with Crippen LogP contribution in [0.1, 0.15) is 5.56 Å². The molecule has 1 aliphatic rings. The van der Waals surface area contributed by atoms with E-state index >= 15 is 0 Å². The van der Waals surface area contributed by atoms with Gasteiger partial charge in [0, 0.05) is 21.4 Å². The van der Waals surface area contributed by atoms with Crippen LogP contribution in [-0.2, 0) is 0 Å². The second-order valence-electron chi connectivity index (χ2n) is 3.65. The second kappa shape index (κ2) is 4.09. The average Bonchev–Trinajstić information content (AvgIpc) is 2.46. The molecule has 0 unspecified atom stereocenters. The van der Waals surface area contributed by atoms with Crippen LogP contribution in [0.3, 0.4) is 0 Å². The Morgan fingerprint density at radius 1 is 1.06 bits per heavy atom. The molecule has 1 aliphatic heterocycles. The summed E-state index contributed by atoms with van der Waals surface area (Å²) in [5.41, 5.74) is 1.63. The number of halogens is 1. The Morgan fingerprint density at radius 3 is 2.76 bits per heavy atom. The quantitative estimate of drug-likeness (QED) is 0.772. The summed E-state index contributed by atoms with van der Waals surface area (Å²) >= 11 is 7.79. The van der Waals surface area contributed by atoms with E-state index in [1.165, 1.54) is 0 Å². The van der Waals surface area contributed by atoms with Gasteiger partial charge in [0.1, 0.15) is 10.9 Å². The lowest BCUT2D eigenvalue weighted by molar-refractivity contribution is 0.475. The van der Waals surface area contributed by atoms with Gasteiger partial charge in [-0.25, -0.2) is 4.99 Å². The Bertz CT molecular complexity index is 625. The summed E-state index contributed by atoms with van der Waals surface area (Å²) in [5, 5.41) is 9.92. The van der Waals surface area contributed by atoms with Gasteiger partial charge in [0.25, 0.3) is 0 Å². The van der Waals surface area contributed by atoms with Gasteiger partial charge in [-0.1, -0.05) is 41.6 Å². The van der Waals surface area contributed by atoms with Crippen LogP contribution in [-0.4, -0.2) is 10.3 Å².